The molecule has 4 nitrogen and oxygen atoms in total. The van der Waals surface area contributed by atoms with Crippen molar-refractivity contribution in [1.82, 2.24) is 0 Å². The zero-order chi connectivity index (χ0) is 14.0. The van der Waals surface area contributed by atoms with Crippen LogP contribution >= 0.6 is 34.4 Å². The van der Waals surface area contributed by atoms with Gasteiger partial charge in [-0.15, -0.1) is 0 Å². The minimum Gasteiger partial charge on any atom is -0.392 e. The molecule has 94 valence electrons. The van der Waals surface area contributed by atoms with Crippen LogP contribution in [-0.4, -0.2) is 5.04 Å². The van der Waals surface area contributed by atoms with Crippen molar-refractivity contribution in [3.05, 3.63) is 44.0 Å². The SMILES string of the molecule is N#CC1=C(N)SC(=N)[C@@H](C#N)[C@H]1c1ccccc1I. The molecule has 0 aromatic heterocycles. The summed E-state index contributed by atoms with van der Waals surface area (Å²) in [5.41, 5.74) is 7.10. The number of nitrogens with two attached hydrogens (primary N) is 1. The Bertz CT molecular complexity index is 653. The van der Waals surface area contributed by atoms with Crippen LogP contribution < -0.4 is 5.73 Å². The Morgan fingerprint density at radius 2 is 2.00 bits per heavy atom. The highest BCUT2D eigenvalue weighted by atomic mass is 127. The van der Waals surface area contributed by atoms with Crippen LogP contribution in [0.4, 0.5) is 0 Å². The van der Waals surface area contributed by atoms with E-state index in [1.165, 1.54) is 0 Å². The summed E-state index contributed by atoms with van der Waals surface area (Å²) >= 11 is 3.17. The molecule has 1 aromatic rings. The molecule has 0 radical (unpaired) electrons. The molecule has 1 aliphatic heterocycles. The molecule has 0 amide bonds. The maximum absolute atomic E-state index is 9.30. The molecular weight excluding hydrogens is 371 g/mol. The maximum Gasteiger partial charge on any atom is 0.106 e. The van der Waals surface area contributed by atoms with Gasteiger partial charge in [-0.25, -0.2) is 0 Å². The minimum atomic E-state index is -0.650. The molecule has 0 spiro atoms. The van der Waals surface area contributed by atoms with Gasteiger partial charge in [-0.3, -0.25) is 5.41 Å². The first kappa shape index (κ1) is 13.9. The minimum absolute atomic E-state index is 0.198. The van der Waals surface area contributed by atoms with Crippen molar-refractivity contribution in [3.8, 4) is 12.1 Å². The normalized spacial score (nSPS) is 22.8. The summed E-state index contributed by atoms with van der Waals surface area (Å²) in [5.74, 6) is -1.10. The molecule has 2 rings (SSSR count). The number of hydrogen-bond donors (Lipinski definition) is 2. The summed E-state index contributed by atoms with van der Waals surface area (Å²) in [6, 6.07) is 11.8. The van der Waals surface area contributed by atoms with Crippen molar-refractivity contribution in [2.45, 2.75) is 5.92 Å². The van der Waals surface area contributed by atoms with Gasteiger partial charge in [-0.1, -0.05) is 30.0 Å². The highest BCUT2D eigenvalue weighted by Gasteiger charge is 2.37. The smallest absolute Gasteiger partial charge is 0.106 e. The van der Waals surface area contributed by atoms with Crippen LogP contribution in [0.5, 0.6) is 0 Å². The largest absolute Gasteiger partial charge is 0.392 e. The van der Waals surface area contributed by atoms with E-state index in [9.17, 15) is 10.5 Å². The lowest BCUT2D eigenvalue weighted by Gasteiger charge is -2.28. The molecule has 19 heavy (non-hydrogen) atoms. The molecular formula is C13H9IN4S. The third kappa shape index (κ3) is 2.46. The predicted octanol–water partition coefficient (Wildman–Crippen LogP) is 2.93. The molecule has 0 fully saturated rings. The number of nitrogens with one attached hydrogen (secondary N) is 1. The second kappa shape index (κ2) is 5.64. The molecule has 1 aliphatic rings. The van der Waals surface area contributed by atoms with Gasteiger partial charge in [-0.05, 0) is 34.2 Å². The molecule has 0 saturated carbocycles. The van der Waals surface area contributed by atoms with Gasteiger partial charge in [0.05, 0.1) is 27.8 Å². The van der Waals surface area contributed by atoms with Crippen LogP contribution in [-0.2, 0) is 0 Å². The molecule has 1 heterocycles. The van der Waals surface area contributed by atoms with E-state index in [1.54, 1.807) is 0 Å². The highest BCUT2D eigenvalue weighted by molar-refractivity contribution is 14.1. The summed E-state index contributed by atoms with van der Waals surface area (Å²) in [6.45, 7) is 0. The van der Waals surface area contributed by atoms with Crippen LogP contribution in [0.2, 0.25) is 0 Å². The number of thioether (sulfide) groups is 1. The quantitative estimate of drug-likeness (QED) is 0.732. The summed E-state index contributed by atoms with van der Waals surface area (Å²) < 4.78 is 0.964. The fraction of sp³-hybridized carbons (Fsp3) is 0.154. The molecule has 0 saturated heterocycles. The van der Waals surface area contributed by atoms with E-state index in [-0.39, 0.29) is 5.04 Å². The topological polar surface area (TPSA) is 97.4 Å². The fourth-order valence-electron chi connectivity index (χ4n) is 2.03. The van der Waals surface area contributed by atoms with Crippen molar-refractivity contribution in [3.63, 3.8) is 0 Å². The fourth-order valence-corrected chi connectivity index (χ4v) is 3.59. The second-order valence-electron chi connectivity index (χ2n) is 3.96. The number of benzene rings is 1. The van der Waals surface area contributed by atoms with Gasteiger partial charge in [-0.2, -0.15) is 10.5 Å². The third-order valence-corrected chi connectivity index (χ3v) is 4.81. The lowest BCUT2D eigenvalue weighted by atomic mass is 9.82. The Kier molecular flexibility index (Phi) is 4.13. The van der Waals surface area contributed by atoms with Crippen LogP contribution in [0.25, 0.3) is 0 Å². The Morgan fingerprint density at radius 3 is 2.58 bits per heavy atom. The van der Waals surface area contributed by atoms with Crippen molar-refractivity contribution in [1.29, 1.82) is 15.9 Å². The Hall–Kier alpha value is -1.51. The van der Waals surface area contributed by atoms with Crippen LogP contribution in [0, 0.1) is 37.6 Å². The zero-order valence-corrected chi connectivity index (χ0v) is 12.7. The number of rotatable bonds is 1. The van der Waals surface area contributed by atoms with E-state index in [2.05, 4.69) is 34.7 Å². The van der Waals surface area contributed by atoms with E-state index in [1.807, 2.05) is 24.3 Å². The Morgan fingerprint density at radius 1 is 1.32 bits per heavy atom. The first-order valence-corrected chi connectivity index (χ1v) is 7.29. The van der Waals surface area contributed by atoms with Crippen LogP contribution in [0.15, 0.2) is 34.9 Å². The van der Waals surface area contributed by atoms with Crippen molar-refractivity contribution in [2.75, 3.05) is 0 Å². The van der Waals surface area contributed by atoms with Gasteiger partial charge in [0.2, 0.25) is 0 Å². The van der Waals surface area contributed by atoms with Gasteiger partial charge < -0.3 is 5.73 Å². The number of halogens is 1. The first-order valence-electron chi connectivity index (χ1n) is 5.40. The standard InChI is InChI=1S/C13H9IN4S/c14-10-4-2-1-3-7(10)11-8(5-15)12(17)19-13(18)9(11)6-16/h1-4,8,11,17H,18H2/t8-,11+/m0/s1. The highest BCUT2D eigenvalue weighted by Crippen LogP contribution is 2.43. The van der Waals surface area contributed by atoms with Crippen LogP contribution in [0.1, 0.15) is 11.5 Å². The van der Waals surface area contributed by atoms with Gasteiger partial charge in [0, 0.05) is 9.49 Å². The van der Waals surface area contributed by atoms with E-state index >= 15 is 0 Å². The number of nitrogens with zero attached hydrogens (tertiary/aromatic N) is 2. The molecule has 0 unspecified atom stereocenters. The van der Waals surface area contributed by atoms with Crippen molar-refractivity contribution < 1.29 is 0 Å². The lowest BCUT2D eigenvalue weighted by Crippen LogP contribution is -2.27. The van der Waals surface area contributed by atoms with Crippen molar-refractivity contribution >= 4 is 39.4 Å². The molecule has 2 atom stereocenters. The lowest BCUT2D eigenvalue weighted by molar-refractivity contribution is 0.725. The van der Waals surface area contributed by atoms with Crippen LogP contribution in [0.3, 0.4) is 0 Å². The zero-order valence-electron chi connectivity index (χ0n) is 9.72. The van der Waals surface area contributed by atoms with Crippen molar-refractivity contribution in [2.24, 2.45) is 11.7 Å². The third-order valence-electron chi connectivity index (χ3n) is 2.91. The monoisotopic (exact) mass is 380 g/mol. The predicted molar refractivity (Wildman–Crippen MR) is 83.1 cm³/mol. The van der Waals surface area contributed by atoms with Gasteiger partial charge in [0.1, 0.15) is 5.92 Å². The van der Waals surface area contributed by atoms with E-state index in [4.69, 9.17) is 11.1 Å². The Labute approximate surface area is 128 Å². The maximum atomic E-state index is 9.30. The molecule has 6 heteroatoms. The van der Waals surface area contributed by atoms with Gasteiger partial charge in [0.25, 0.3) is 0 Å². The van der Waals surface area contributed by atoms with E-state index in [0.717, 1.165) is 20.9 Å². The van der Waals surface area contributed by atoms with Gasteiger partial charge >= 0.3 is 0 Å². The summed E-state index contributed by atoms with van der Waals surface area (Å²) in [4.78, 5) is 0. The Balaban J connectivity index is 2.66. The molecule has 0 aliphatic carbocycles. The average molecular weight is 380 g/mol. The summed E-state index contributed by atoms with van der Waals surface area (Å²) in [5, 5.41) is 27.0. The second-order valence-corrected chi connectivity index (χ2v) is 6.21. The molecule has 3 N–H and O–H groups in total. The van der Waals surface area contributed by atoms with E-state index < -0.39 is 11.8 Å². The molecule has 0 bridgehead atoms. The number of nitriles is 2. The molecule has 1 aromatic carbocycles. The average Bonchev–Trinajstić information content (AvgIpc) is 2.38. The number of hydrogen-bond acceptors (Lipinski definition) is 5. The summed E-state index contributed by atoms with van der Waals surface area (Å²) in [6.07, 6.45) is 0. The number of allylic oxidation sites excluding steroid dienone is 1. The summed E-state index contributed by atoms with van der Waals surface area (Å²) in [7, 11) is 0. The van der Waals surface area contributed by atoms with Gasteiger partial charge in [0.15, 0.2) is 0 Å². The first-order chi connectivity index (χ1) is 9.10. The van der Waals surface area contributed by atoms with E-state index in [0.29, 0.717) is 10.6 Å².